The van der Waals surface area contributed by atoms with Gasteiger partial charge in [0.2, 0.25) is 0 Å². The minimum absolute atomic E-state index is 0.0296. The lowest BCUT2D eigenvalue weighted by atomic mass is 9.95. The molecule has 2 fully saturated rings. The molecule has 4 heterocycles. The smallest absolute Gasteiger partial charge is 0.319 e. The molecule has 2 saturated heterocycles. The molecule has 2 aromatic carbocycles. The summed E-state index contributed by atoms with van der Waals surface area (Å²) in [5, 5.41) is 17.6. The van der Waals surface area contributed by atoms with E-state index < -0.39 is 17.2 Å². The molecule has 0 bridgehead atoms. The van der Waals surface area contributed by atoms with Crippen molar-refractivity contribution < 1.29 is 18.6 Å². The average molecular weight is 575 g/mol. The van der Waals surface area contributed by atoms with Gasteiger partial charge in [0.05, 0.1) is 11.3 Å². The highest BCUT2D eigenvalue weighted by Gasteiger charge is 2.30. The Labute approximate surface area is 241 Å². The van der Waals surface area contributed by atoms with Gasteiger partial charge in [-0.2, -0.15) is 9.97 Å². The number of hydrogen-bond donors (Lipinski definition) is 4. The molecule has 42 heavy (non-hydrogen) atoms. The van der Waals surface area contributed by atoms with Crippen molar-refractivity contribution in [2.75, 3.05) is 32.0 Å². The van der Waals surface area contributed by atoms with Gasteiger partial charge in [-0.1, -0.05) is 12.0 Å². The van der Waals surface area contributed by atoms with Crippen LogP contribution in [0.15, 0.2) is 29.1 Å². The molecule has 2 aliphatic rings. The Balaban J connectivity index is 1.55. The van der Waals surface area contributed by atoms with Gasteiger partial charge in [-0.05, 0) is 76.3 Å². The number of pyridine rings is 1. The van der Waals surface area contributed by atoms with Crippen LogP contribution in [0.2, 0.25) is 0 Å². The van der Waals surface area contributed by atoms with Gasteiger partial charge in [-0.3, -0.25) is 9.69 Å². The number of benzene rings is 2. The van der Waals surface area contributed by atoms with Gasteiger partial charge >= 0.3 is 6.01 Å². The number of anilines is 1. The molecule has 1 unspecified atom stereocenters. The topological polar surface area (TPSA) is 115 Å². The molecule has 4 aromatic rings. The molecule has 0 radical (unpaired) electrons. The Kier molecular flexibility index (Phi) is 7.43. The van der Waals surface area contributed by atoms with E-state index in [0.717, 1.165) is 38.8 Å². The van der Waals surface area contributed by atoms with Crippen LogP contribution in [0, 0.1) is 24.0 Å². The van der Waals surface area contributed by atoms with E-state index in [2.05, 4.69) is 36.4 Å². The molecular formula is C31H32F2N6O3. The Bertz CT molecular complexity index is 1780. The number of terminal acetylenes is 1. The van der Waals surface area contributed by atoms with Crippen LogP contribution in [0.4, 0.5) is 14.6 Å². The predicted octanol–water partition coefficient (Wildman–Crippen LogP) is 4.13. The fourth-order valence-corrected chi connectivity index (χ4v) is 6.21. The molecule has 6 rings (SSSR count). The minimum Gasteiger partial charge on any atom is -0.508 e. The highest BCUT2D eigenvalue weighted by atomic mass is 19.1. The number of phenols is 1. The summed E-state index contributed by atoms with van der Waals surface area (Å²) in [6.07, 6.45) is 9.09. The summed E-state index contributed by atoms with van der Waals surface area (Å²) in [5.74, 6) is 0.709. The first-order valence-electron chi connectivity index (χ1n) is 14.1. The van der Waals surface area contributed by atoms with Crippen molar-refractivity contribution in [1.29, 1.82) is 0 Å². The van der Waals surface area contributed by atoms with Gasteiger partial charge in [0.1, 0.15) is 34.4 Å². The van der Waals surface area contributed by atoms with Crippen LogP contribution < -0.4 is 20.9 Å². The van der Waals surface area contributed by atoms with Crippen LogP contribution in [-0.2, 0) is 0 Å². The zero-order valence-corrected chi connectivity index (χ0v) is 23.4. The number of halogens is 2. The number of aromatic hydroxyl groups is 1. The normalized spacial score (nSPS) is 20.1. The van der Waals surface area contributed by atoms with Crippen LogP contribution in [0.5, 0.6) is 11.8 Å². The third kappa shape index (κ3) is 5.01. The summed E-state index contributed by atoms with van der Waals surface area (Å²) >= 11 is 0. The van der Waals surface area contributed by atoms with Crippen LogP contribution >= 0.6 is 0 Å². The average Bonchev–Trinajstić information content (AvgIpc) is 3.41. The van der Waals surface area contributed by atoms with Crippen LogP contribution in [0.25, 0.3) is 32.9 Å². The summed E-state index contributed by atoms with van der Waals surface area (Å²) in [5.41, 5.74) is -1.28. The number of likely N-dealkylation sites (N-methyl/N-ethyl adjacent to an activating group) is 1. The maximum atomic E-state index is 16.6. The minimum atomic E-state index is -0.883. The van der Waals surface area contributed by atoms with Gasteiger partial charge in [0.15, 0.2) is 5.82 Å². The van der Waals surface area contributed by atoms with Crippen molar-refractivity contribution in [3.05, 3.63) is 51.8 Å². The number of nitrogens with zero attached hydrogens (tertiary/aromatic N) is 3. The molecule has 3 atom stereocenters. The zero-order chi connectivity index (χ0) is 29.5. The summed E-state index contributed by atoms with van der Waals surface area (Å²) in [6.45, 7) is 4.41. The Morgan fingerprint density at radius 2 is 2.05 bits per heavy atom. The lowest BCUT2D eigenvalue weighted by molar-refractivity contribution is 0.112. The van der Waals surface area contributed by atoms with E-state index in [-0.39, 0.29) is 68.9 Å². The number of ether oxygens (including phenoxy) is 1. The highest BCUT2D eigenvalue weighted by Crippen LogP contribution is 2.37. The van der Waals surface area contributed by atoms with Crippen LogP contribution in [0.1, 0.15) is 38.2 Å². The number of nitrogens with one attached hydrogen (secondary N) is 3. The largest absolute Gasteiger partial charge is 0.508 e. The lowest BCUT2D eigenvalue weighted by Gasteiger charge is -2.27. The number of aromatic amines is 1. The third-order valence-electron chi connectivity index (χ3n) is 8.29. The first kappa shape index (κ1) is 27.9. The monoisotopic (exact) mass is 574 g/mol. The van der Waals surface area contributed by atoms with Gasteiger partial charge < -0.3 is 25.5 Å². The lowest BCUT2D eigenvalue weighted by Crippen LogP contribution is -2.39. The molecular weight excluding hydrogens is 542 g/mol. The highest BCUT2D eigenvalue weighted by molar-refractivity contribution is 6.02. The van der Waals surface area contributed by atoms with Gasteiger partial charge in [0, 0.05) is 29.6 Å². The summed E-state index contributed by atoms with van der Waals surface area (Å²) in [6, 6.07) is 5.28. The Morgan fingerprint density at radius 3 is 2.76 bits per heavy atom. The molecule has 218 valence electrons. The maximum absolute atomic E-state index is 16.6. The van der Waals surface area contributed by atoms with Crippen LogP contribution in [-0.4, -0.2) is 69.8 Å². The molecule has 4 N–H and O–H groups in total. The van der Waals surface area contributed by atoms with E-state index in [1.807, 2.05) is 14.0 Å². The van der Waals surface area contributed by atoms with E-state index >= 15 is 4.39 Å². The maximum Gasteiger partial charge on any atom is 0.319 e. The summed E-state index contributed by atoms with van der Waals surface area (Å²) in [7, 11) is 2.03. The molecule has 0 saturated carbocycles. The number of likely N-dealkylation sites (tertiary alicyclic amines) is 1. The number of aromatic nitrogens is 3. The predicted molar refractivity (Wildman–Crippen MR) is 158 cm³/mol. The third-order valence-corrected chi connectivity index (χ3v) is 8.29. The fraction of sp³-hybridized carbons (Fsp3) is 0.387. The van der Waals surface area contributed by atoms with Gasteiger partial charge in [-0.25, -0.2) is 8.78 Å². The summed E-state index contributed by atoms with van der Waals surface area (Å²) in [4.78, 5) is 27.4. The quantitative estimate of drug-likeness (QED) is 0.254. The van der Waals surface area contributed by atoms with Gasteiger partial charge in [-0.15, -0.1) is 6.42 Å². The van der Waals surface area contributed by atoms with Crippen molar-refractivity contribution >= 4 is 27.5 Å². The second-order valence-corrected chi connectivity index (χ2v) is 11.1. The number of phenolic OH excluding ortho intramolecular Hbond substituents is 1. The first-order valence-corrected chi connectivity index (χ1v) is 14.1. The first-order chi connectivity index (χ1) is 20.2. The van der Waals surface area contributed by atoms with E-state index in [4.69, 9.17) is 11.2 Å². The molecule has 0 amide bonds. The number of hydrogen-bond acceptors (Lipinski definition) is 8. The summed E-state index contributed by atoms with van der Waals surface area (Å²) < 4.78 is 37.5. The molecule has 2 aromatic heterocycles. The second-order valence-electron chi connectivity index (χ2n) is 11.1. The molecule has 0 aliphatic carbocycles. The molecule has 9 nitrogen and oxygen atoms in total. The molecule has 2 aliphatic heterocycles. The SMILES string of the molecule is C#Cc1c(F)ccc2cc(O)cc(-c3[nH]c(=O)c4c(NC5CCCNC5)nc(O[C@@H](C)[C@@H]5CCCN5C)nc4c3F)c12. The van der Waals surface area contributed by atoms with E-state index in [0.29, 0.717) is 11.9 Å². The number of rotatable bonds is 6. The van der Waals surface area contributed by atoms with Crippen molar-refractivity contribution in [2.45, 2.75) is 50.8 Å². The van der Waals surface area contributed by atoms with Crippen molar-refractivity contribution in [1.82, 2.24) is 25.2 Å². The van der Waals surface area contributed by atoms with Crippen molar-refractivity contribution in [3.63, 3.8) is 0 Å². The zero-order valence-electron chi connectivity index (χ0n) is 23.4. The van der Waals surface area contributed by atoms with Crippen molar-refractivity contribution in [3.8, 4) is 35.4 Å². The Hall–Kier alpha value is -4.27. The van der Waals surface area contributed by atoms with E-state index in [1.165, 1.54) is 24.3 Å². The second kappa shape index (κ2) is 11.2. The van der Waals surface area contributed by atoms with Crippen molar-refractivity contribution in [2.24, 2.45) is 0 Å². The number of H-pyrrole nitrogens is 1. The number of piperidine rings is 1. The standard InChI is InChI=1S/C31H32F2N6O3/c1-4-20-22(32)10-9-17-13-19(40)14-21(24(17)20)27-26(33)28-25(30(41)36-27)29(35-18-7-5-11-34-15-18)38-31(37-28)42-16(2)23-8-6-12-39(23)3/h1,9-10,13-14,16,18,23,34,40H,5-8,11-12,15H2,2-3H3,(H,36,41)(H,35,37,38)/t16-,18?,23-/m0/s1. The molecule has 11 heteroatoms. The molecule has 0 spiro atoms. The van der Waals surface area contributed by atoms with Crippen LogP contribution in [0.3, 0.4) is 0 Å². The van der Waals surface area contributed by atoms with E-state index in [1.54, 1.807) is 0 Å². The Morgan fingerprint density at radius 1 is 1.21 bits per heavy atom. The van der Waals surface area contributed by atoms with E-state index in [9.17, 15) is 14.3 Å². The number of fused-ring (bicyclic) bond motifs is 2. The van der Waals surface area contributed by atoms with Gasteiger partial charge in [0.25, 0.3) is 5.56 Å². The fourth-order valence-electron chi connectivity index (χ4n) is 6.21.